The second-order valence-corrected chi connectivity index (χ2v) is 4.53. The van der Waals surface area contributed by atoms with E-state index in [2.05, 4.69) is 0 Å². The van der Waals surface area contributed by atoms with Crippen LogP contribution in [0.3, 0.4) is 0 Å². The van der Waals surface area contributed by atoms with E-state index in [1.54, 1.807) is 6.07 Å². The number of phenolic OH excluding ortho intramolecular Hbond substituents is 1. The van der Waals surface area contributed by atoms with Gasteiger partial charge in [-0.3, -0.25) is 4.79 Å². The second-order valence-electron chi connectivity index (χ2n) is 4.13. The van der Waals surface area contributed by atoms with Crippen LogP contribution in [-0.4, -0.2) is 22.0 Å². The molecule has 1 N–H and O–H groups in total. The second kappa shape index (κ2) is 2.89. The van der Waals surface area contributed by atoms with Gasteiger partial charge in [0.15, 0.2) is 0 Å². The van der Waals surface area contributed by atoms with Crippen molar-refractivity contribution in [2.45, 2.75) is 25.4 Å². The molecule has 1 aliphatic carbocycles. The van der Waals surface area contributed by atoms with Crippen LogP contribution in [0, 0.1) is 0 Å². The van der Waals surface area contributed by atoms with Crippen LogP contribution in [0.1, 0.15) is 28.8 Å². The summed E-state index contributed by atoms with van der Waals surface area (Å²) in [6, 6.07) is 3.44. The molecule has 0 spiro atoms. The first-order valence-electron chi connectivity index (χ1n) is 4.99. The highest BCUT2D eigenvalue weighted by molar-refractivity contribution is 6.34. The first-order valence-corrected chi connectivity index (χ1v) is 5.37. The summed E-state index contributed by atoms with van der Waals surface area (Å²) < 4.78 is 0. The summed E-state index contributed by atoms with van der Waals surface area (Å²) in [7, 11) is 0. The predicted octanol–water partition coefficient (Wildman–Crippen LogP) is 2.16. The van der Waals surface area contributed by atoms with Crippen molar-refractivity contribution in [1.29, 1.82) is 0 Å². The fourth-order valence-electron chi connectivity index (χ4n) is 2.09. The van der Waals surface area contributed by atoms with Crippen LogP contribution in [0.4, 0.5) is 0 Å². The Labute approximate surface area is 92.3 Å². The molecule has 0 saturated heterocycles. The molecule has 0 aromatic heterocycles. The van der Waals surface area contributed by atoms with Crippen LogP contribution < -0.4 is 0 Å². The van der Waals surface area contributed by atoms with Crippen LogP contribution in [0.2, 0.25) is 5.02 Å². The highest BCUT2D eigenvalue weighted by Gasteiger charge is 2.39. The van der Waals surface area contributed by atoms with Gasteiger partial charge in [-0.1, -0.05) is 11.6 Å². The van der Waals surface area contributed by atoms with Crippen molar-refractivity contribution in [3.63, 3.8) is 0 Å². The van der Waals surface area contributed by atoms with E-state index in [1.807, 2.05) is 4.90 Å². The number of amides is 1. The third-order valence-electron chi connectivity index (χ3n) is 2.96. The molecule has 1 amide bonds. The summed E-state index contributed by atoms with van der Waals surface area (Å²) in [6.45, 7) is 0.590. The zero-order valence-corrected chi connectivity index (χ0v) is 8.79. The summed E-state index contributed by atoms with van der Waals surface area (Å²) in [5.41, 5.74) is 1.42. The highest BCUT2D eigenvalue weighted by Crippen LogP contribution is 2.38. The van der Waals surface area contributed by atoms with Gasteiger partial charge in [-0.15, -0.1) is 0 Å². The smallest absolute Gasteiger partial charge is 0.256 e. The summed E-state index contributed by atoms with van der Waals surface area (Å²) in [5, 5.41) is 9.75. The fraction of sp³-hybridized carbons (Fsp3) is 0.364. The summed E-state index contributed by atoms with van der Waals surface area (Å²) in [4.78, 5) is 13.8. The molecule has 0 unspecified atom stereocenters. The van der Waals surface area contributed by atoms with Crippen molar-refractivity contribution < 1.29 is 9.90 Å². The Morgan fingerprint density at radius 2 is 2.13 bits per heavy atom. The van der Waals surface area contributed by atoms with E-state index in [1.165, 1.54) is 6.07 Å². The molecule has 78 valence electrons. The molecule has 1 heterocycles. The average molecular weight is 224 g/mol. The molecule has 1 aromatic carbocycles. The Balaban J connectivity index is 2.07. The van der Waals surface area contributed by atoms with Crippen LogP contribution >= 0.6 is 11.6 Å². The molecule has 1 aromatic rings. The maximum Gasteiger partial charge on any atom is 0.256 e. The lowest BCUT2D eigenvalue weighted by molar-refractivity contribution is 0.0767. The maximum atomic E-state index is 12.0. The van der Waals surface area contributed by atoms with Crippen molar-refractivity contribution in [3.8, 4) is 5.75 Å². The minimum absolute atomic E-state index is 0.0116. The van der Waals surface area contributed by atoms with Gasteiger partial charge in [-0.25, -0.2) is 0 Å². The molecule has 3 rings (SSSR count). The summed E-state index contributed by atoms with van der Waals surface area (Å²) >= 11 is 5.95. The van der Waals surface area contributed by atoms with E-state index in [0.717, 1.165) is 18.4 Å². The van der Waals surface area contributed by atoms with Crippen LogP contribution in [-0.2, 0) is 6.54 Å². The lowest BCUT2D eigenvalue weighted by Crippen LogP contribution is -2.25. The van der Waals surface area contributed by atoms with Gasteiger partial charge in [0.05, 0.1) is 10.6 Å². The number of carbonyl (C=O) groups is 1. The summed E-state index contributed by atoms with van der Waals surface area (Å²) in [6.07, 6.45) is 2.17. The first kappa shape index (κ1) is 9.04. The van der Waals surface area contributed by atoms with E-state index < -0.39 is 0 Å². The monoisotopic (exact) mass is 223 g/mol. The van der Waals surface area contributed by atoms with Gasteiger partial charge in [-0.2, -0.15) is 0 Å². The quantitative estimate of drug-likeness (QED) is 0.793. The highest BCUT2D eigenvalue weighted by atomic mass is 35.5. The largest absolute Gasteiger partial charge is 0.508 e. The maximum absolute atomic E-state index is 12.0. The third kappa shape index (κ3) is 1.30. The number of hydrogen-bond acceptors (Lipinski definition) is 2. The number of rotatable bonds is 1. The molecule has 0 radical (unpaired) electrons. The molecular formula is C11H10ClNO2. The van der Waals surface area contributed by atoms with Gasteiger partial charge in [0.2, 0.25) is 0 Å². The molecule has 0 bridgehead atoms. The van der Waals surface area contributed by atoms with Gasteiger partial charge < -0.3 is 10.0 Å². The zero-order valence-electron chi connectivity index (χ0n) is 8.03. The Hall–Kier alpha value is -1.22. The third-order valence-corrected chi connectivity index (χ3v) is 3.26. The van der Waals surface area contributed by atoms with Crippen LogP contribution in [0.25, 0.3) is 0 Å². The minimum Gasteiger partial charge on any atom is -0.508 e. The number of benzene rings is 1. The van der Waals surface area contributed by atoms with Gasteiger partial charge in [0.25, 0.3) is 5.91 Å². The molecule has 2 aliphatic rings. The van der Waals surface area contributed by atoms with Crippen molar-refractivity contribution in [1.82, 2.24) is 4.90 Å². The van der Waals surface area contributed by atoms with Crippen molar-refractivity contribution in [2.24, 2.45) is 0 Å². The molecule has 4 heteroatoms. The topological polar surface area (TPSA) is 40.5 Å². The Morgan fingerprint density at radius 1 is 1.40 bits per heavy atom. The van der Waals surface area contributed by atoms with E-state index >= 15 is 0 Å². The molecule has 0 atom stereocenters. The van der Waals surface area contributed by atoms with E-state index in [4.69, 9.17) is 11.6 Å². The van der Waals surface area contributed by atoms with Crippen molar-refractivity contribution in [3.05, 3.63) is 28.3 Å². The Kier molecular flexibility index (Phi) is 1.74. The van der Waals surface area contributed by atoms with Crippen molar-refractivity contribution >= 4 is 17.5 Å². The predicted molar refractivity (Wildman–Crippen MR) is 56.0 cm³/mol. The molecule has 1 aliphatic heterocycles. The summed E-state index contributed by atoms with van der Waals surface area (Å²) in [5.74, 6) is 0.140. The van der Waals surface area contributed by atoms with E-state index in [9.17, 15) is 9.90 Å². The Bertz CT molecular complexity index is 454. The van der Waals surface area contributed by atoms with E-state index in [-0.39, 0.29) is 11.7 Å². The lowest BCUT2D eigenvalue weighted by atomic mass is 10.1. The zero-order chi connectivity index (χ0) is 10.6. The number of nitrogens with zero attached hydrogens (tertiary/aromatic N) is 1. The van der Waals surface area contributed by atoms with Crippen molar-refractivity contribution in [2.75, 3.05) is 0 Å². The van der Waals surface area contributed by atoms with Gasteiger partial charge in [-0.05, 0) is 30.5 Å². The SMILES string of the molecule is O=C1c2c(Cl)cc(O)cc2CN1C1CC1. The molecule has 1 saturated carbocycles. The number of hydrogen-bond donors (Lipinski definition) is 1. The van der Waals surface area contributed by atoms with Gasteiger partial charge >= 0.3 is 0 Å². The lowest BCUT2D eigenvalue weighted by Gasteiger charge is -2.13. The number of phenols is 1. The fourth-order valence-corrected chi connectivity index (χ4v) is 2.41. The normalized spacial score (nSPS) is 19.5. The molecule has 1 fully saturated rings. The minimum atomic E-state index is 0.0116. The van der Waals surface area contributed by atoms with Gasteiger partial charge in [0.1, 0.15) is 5.75 Å². The van der Waals surface area contributed by atoms with Gasteiger partial charge in [0, 0.05) is 12.6 Å². The standard InChI is InChI=1S/C11H10ClNO2/c12-9-4-8(14)3-6-5-13(7-1-2-7)11(15)10(6)9/h3-4,7,14H,1-2,5H2. The molecule has 15 heavy (non-hydrogen) atoms. The number of carbonyl (C=O) groups excluding carboxylic acids is 1. The molecular weight excluding hydrogens is 214 g/mol. The number of fused-ring (bicyclic) bond motifs is 1. The van der Waals surface area contributed by atoms with Crippen LogP contribution in [0.15, 0.2) is 12.1 Å². The number of aromatic hydroxyl groups is 1. The molecule has 3 nitrogen and oxygen atoms in total. The first-order chi connectivity index (χ1) is 7.16. The number of halogens is 1. The Morgan fingerprint density at radius 3 is 2.80 bits per heavy atom. The average Bonchev–Trinajstić information content (AvgIpc) is 2.92. The van der Waals surface area contributed by atoms with E-state index in [0.29, 0.717) is 23.2 Å². The van der Waals surface area contributed by atoms with Crippen LogP contribution in [0.5, 0.6) is 5.75 Å².